The van der Waals surface area contributed by atoms with Gasteiger partial charge >= 0.3 is 0 Å². The minimum absolute atomic E-state index is 0.143. The summed E-state index contributed by atoms with van der Waals surface area (Å²) >= 11 is 0. The SMILES string of the molecule is CCCNC(=O)CCn1c(C)ccc1C. The molecule has 0 bridgehead atoms. The maximum absolute atomic E-state index is 11.4. The van der Waals surface area contributed by atoms with Gasteiger partial charge in [0.15, 0.2) is 0 Å². The third-order valence-corrected chi connectivity index (χ3v) is 2.55. The van der Waals surface area contributed by atoms with Crippen molar-refractivity contribution in [3.05, 3.63) is 23.5 Å². The number of aromatic nitrogens is 1. The van der Waals surface area contributed by atoms with Crippen LogP contribution in [-0.4, -0.2) is 17.0 Å². The molecule has 3 heteroatoms. The van der Waals surface area contributed by atoms with Gasteiger partial charge in [-0.05, 0) is 32.4 Å². The Bertz CT molecular complexity index is 309. The molecular formula is C12H20N2O. The van der Waals surface area contributed by atoms with E-state index in [9.17, 15) is 4.79 Å². The molecule has 84 valence electrons. The second-order valence-corrected chi connectivity index (χ2v) is 3.87. The van der Waals surface area contributed by atoms with Crippen LogP contribution in [0.2, 0.25) is 0 Å². The van der Waals surface area contributed by atoms with E-state index in [1.165, 1.54) is 11.4 Å². The molecule has 0 spiro atoms. The summed E-state index contributed by atoms with van der Waals surface area (Å²) in [7, 11) is 0. The topological polar surface area (TPSA) is 34.0 Å². The molecule has 0 atom stereocenters. The number of rotatable bonds is 5. The zero-order chi connectivity index (χ0) is 11.3. The van der Waals surface area contributed by atoms with E-state index in [0.29, 0.717) is 6.42 Å². The Kier molecular flexibility index (Phi) is 4.40. The Morgan fingerprint density at radius 2 is 1.93 bits per heavy atom. The fraction of sp³-hybridized carbons (Fsp3) is 0.583. The zero-order valence-electron chi connectivity index (χ0n) is 9.84. The Hall–Kier alpha value is -1.25. The molecule has 1 rings (SSSR count). The average Bonchev–Trinajstić information content (AvgIpc) is 2.53. The first-order valence-electron chi connectivity index (χ1n) is 5.54. The summed E-state index contributed by atoms with van der Waals surface area (Å²) in [4.78, 5) is 11.4. The predicted molar refractivity (Wildman–Crippen MR) is 61.8 cm³/mol. The molecule has 0 saturated heterocycles. The Balaban J connectivity index is 2.40. The first-order chi connectivity index (χ1) is 7.15. The van der Waals surface area contributed by atoms with Gasteiger partial charge in [0.2, 0.25) is 5.91 Å². The van der Waals surface area contributed by atoms with Crippen molar-refractivity contribution < 1.29 is 4.79 Å². The number of nitrogens with one attached hydrogen (secondary N) is 1. The van der Waals surface area contributed by atoms with E-state index in [0.717, 1.165) is 19.5 Å². The summed E-state index contributed by atoms with van der Waals surface area (Å²) in [5.41, 5.74) is 2.44. The molecule has 0 aliphatic heterocycles. The van der Waals surface area contributed by atoms with Gasteiger partial charge in [0.25, 0.3) is 0 Å². The molecule has 3 nitrogen and oxygen atoms in total. The minimum Gasteiger partial charge on any atom is -0.356 e. The Morgan fingerprint density at radius 3 is 2.47 bits per heavy atom. The molecule has 1 amide bonds. The van der Waals surface area contributed by atoms with Crippen LogP contribution in [0.15, 0.2) is 12.1 Å². The fourth-order valence-corrected chi connectivity index (χ4v) is 1.62. The van der Waals surface area contributed by atoms with E-state index in [4.69, 9.17) is 0 Å². The number of hydrogen-bond acceptors (Lipinski definition) is 1. The van der Waals surface area contributed by atoms with Crippen LogP contribution >= 0.6 is 0 Å². The molecule has 0 aromatic carbocycles. The summed E-state index contributed by atoms with van der Waals surface area (Å²) in [6.07, 6.45) is 1.56. The molecule has 15 heavy (non-hydrogen) atoms. The van der Waals surface area contributed by atoms with Gasteiger partial charge in [-0.2, -0.15) is 0 Å². The summed E-state index contributed by atoms with van der Waals surface area (Å²) in [5, 5.41) is 2.88. The van der Waals surface area contributed by atoms with Crippen molar-refractivity contribution in [1.82, 2.24) is 9.88 Å². The van der Waals surface area contributed by atoms with E-state index in [-0.39, 0.29) is 5.91 Å². The second kappa shape index (κ2) is 5.59. The van der Waals surface area contributed by atoms with Crippen LogP contribution in [0.25, 0.3) is 0 Å². The summed E-state index contributed by atoms with van der Waals surface area (Å²) in [6, 6.07) is 4.17. The molecule has 0 radical (unpaired) electrons. The fourth-order valence-electron chi connectivity index (χ4n) is 1.62. The molecular weight excluding hydrogens is 188 g/mol. The quantitative estimate of drug-likeness (QED) is 0.789. The van der Waals surface area contributed by atoms with Gasteiger partial charge in [0.05, 0.1) is 0 Å². The first-order valence-corrected chi connectivity index (χ1v) is 5.54. The van der Waals surface area contributed by atoms with Crippen LogP contribution in [0.3, 0.4) is 0 Å². The largest absolute Gasteiger partial charge is 0.356 e. The van der Waals surface area contributed by atoms with Gasteiger partial charge in [-0.15, -0.1) is 0 Å². The van der Waals surface area contributed by atoms with Crippen molar-refractivity contribution in [3.63, 3.8) is 0 Å². The lowest BCUT2D eigenvalue weighted by molar-refractivity contribution is -0.121. The standard InChI is InChI=1S/C12H20N2O/c1-4-8-13-12(15)7-9-14-10(2)5-6-11(14)3/h5-6H,4,7-9H2,1-3H3,(H,13,15). The van der Waals surface area contributed by atoms with Crippen LogP contribution in [0, 0.1) is 13.8 Å². The molecule has 1 N–H and O–H groups in total. The molecule has 0 saturated carbocycles. The van der Waals surface area contributed by atoms with Gasteiger partial charge < -0.3 is 9.88 Å². The van der Waals surface area contributed by atoms with Crippen LogP contribution in [0.4, 0.5) is 0 Å². The third-order valence-electron chi connectivity index (χ3n) is 2.55. The second-order valence-electron chi connectivity index (χ2n) is 3.87. The number of hydrogen-bond donors (Lipinski definition) is 1. The summed E-state index contributed by atoms with van der Waals surface area (Å²) < 4.78 is 2.17. The van der Waals surface area contributed by atoms with Crippen molar-refractivity contribution in [2.75, 3.05) is 6.54 Å². The Labute approximate surface area is 91.5 Å². The van der Waals surface area contributed by atoms with Crippen LogP contribution < -0.4 is 5.32 Å². The highest BCUT2D eigenvalue weighted by molar-refractivity contribution is 5.75. The molecule has 1 aromatic rings. The minimum atomic E-state index is 0.143. The molecule has 0 aliphatic rings. The lowest BCUT2D eigenvalue weighted by Gasteiger charge is -2.09. The number of carbonyl (C=O) groups excluding carboxylic acids is 1. The van der Waals surface area contributed by atoms with Crippen molar-refractivity contribution in [2.45, 2.75) is 40.2 Å². The van der Waals surface area contributed by atoms with Crippen molar-refractivity contribution >= 4 is 5.91 Å². The van der Waals surface area contributed by atoms with Crippen LogP contribution in [0.5, 0.6) is 0 Å². The van der Waals surface area contributed by atoms with Crippen molar-refractivity contribution in [2.24, 2.45) is 0 Å². The highest BCUT2D eigenvalue weighted by Gasteiger charge is 2.04. The summed E-state index contributed by atoms with van der Waals surface area (Å²) in [5.74, 6) is 0.143. The number of aryl methyl sites for hydroxylation is 2. The monoisotopic (exact) mass is 208 g/mol. The van der Waals surface area contributed by atoms with Crippen molar-refractivity contribution in [3.8, 4) is 0 Å². The first kappa shape index (κ1) is 11.8. The predicted octanol–water partition coefficient (Wildman–Crippen LogP) is 2.02. The maximum atomic E-state index is 11.4. The third kappa shape index (κ3) is 3.42. The van der Waals surface area contributed by atoms with E-state index in [2.05, 4.69) is 42.8 Å². The Morgan fingerprint density at radius 1 is 1.33 bits per heavy atom. The van der Waals surface area contributed by atoms with Gasteiger partial charge in [-0.1, -0.05) is 6.92 Å². The number of amides is 1. The molecule has 0 fully saturated rings. The molecule has 1 heterocycles. The molecule has 1 aromatic heterocycles. The van der Waals surface area contributed by atoms with E-state index < -0.39 is 0 Å². The number of carbonyl (C=O) groups is 1. The lowest BCUT2D eigenvalue weighted by atomic mass is 10.3. The van der Waals surface area contributed by atoms with Gasteiger partial charge in [-0.25, -0.2) is 0 Å². The van der Waals surface area contributed by atoms with Gasteiger partial charge in [0.1, 0.15) is 0 Å². The van der Waals surface area contributed by atoms with E-state index in [1.54, 1.807) is 0 Å². The lowest BCUT2D eigenvalue weighted by Crippen LogP contribution is -2.25. The summed E-state index contributed by atoms with van der Waals surface area (Å²) in [6.45, 7) is 7.75. The average molecular weight is 208 g/mol. The van der Waals surface area contributed by atoms with E-state index in [1.807, 2.05) is 0 Å². The van der Waals surface area contributed by atoms with Crippen molar-refractivity contribution in [1.29, 1.82) is 0 Å². The van der Waals surface area contributed by atoms with Crippen LogP contribution in [0.1, 0.15) is 31.2 Å². The molecule has 0 unspecified atom stereocenters. The smallest absolute Gasteiger partial charge is 0.221 e. The van der Waals surface area contributed by atoms with Gasteiger partial charge in [0, 0.05) is 30.9 Å². The maximum Gasteiger partial charge on any atom is 0.221 e. The van der Waals surface area contributed by atoms with Gasteiger partial charge in [-0.3, -0.25) is 4.79 Å². The normalized spacial score (nSPS) is 10.3. The van der Waals surface area contributed by atoms with Crippen LogP contribution in [-0.2, 0) is 11.3 Å². The van der Waals surface area contributed by atoms with E-state index >= 15 is 0 Å². The zero-order valence-corrected chi connectivity index (χ0v) is 9.84. The highest BCUT2D eigenvalue weighted by atomic mass is 16.1. The highest BCUT2D eigenvalue weighted by Crippen LogP contribution is 2.07. The molecule has 0 aliphatic carbocycles. The number of nitrogens with zero attached hydrogens (tertiary/aromatic N) is 1.